The lowest BCUT2D eigenvalue weighted by atomic mass is 9.99. The van der Waals surface area contributed by atoms with Gasteiger partial charge in [0, 0.05) is 12.7 Å². The van der Waals surface area contributed by atoms with E-state index in [1.54, 1.807) is 13.2 Å². The largest absolute Gasteiger partial charge is 0.506 e. The molecule has 0 spiro atoms. The maximum atomic E-state index is 9.98. The van der Waals surface area contributed by atoms with Gasteiger partial charge in [0.05, 0.1) is 0 Å². The predicted molar refractivity (Wildman–Crippen MR) is 69.5 cm³/mol. The fraction of sp³-hybridized carbons (Fsp3) is 0.143. The Morgan fingerprint density at radius 3 is 2.33 bits per heavy atom. The average molecular weight is 245 g/mol. The van der Waals surface area contributed by atoms with E-state index in [2.05, 4.69) is 0 Å². The van der Waals surface area contributed by atoms with Crippen LogP contribution >= 0.6 is 0 Å². The molecule has 2 rings (SSSR count). The van der Waals surface area contributed by atoms with Crippen LogP contribution in [0.1, 0.15) is 17.2 Å². The Morgan fingerprint density at radius 1 is 1.06 bits per heavy atom. The van der Waals surface area contributed by atoms with Gasteiger partial charge in [-0.1, -0.05) is 30.3 Å². The normalized spacial score (nSPS) is 12.3. The molecule has 0 aliphatic heterocycles. The molecular weight excluding hydrogens is 230 g/mol. The fourth-order valence-corrected chi connectivity index (χ4v) is 1.90. The number of benzene rings is 2. The van der Waals surface area contributed by atoms with Gasteiger partial charge in [-0.3, -0.25) is 0 Å². The van der Waals surface area contributed by atoms with Gasteiger partial charge in [-0.15, -0.1) is 0 Å². The standard InChI is InChI=1S/C14H15NO3/c1-18-14(9-5-3-2-4-6-9)10-7-8-11(16)12(15)13(10)17/h2-8,14,16-17H,15H2,1H3. The Kier molecular flexibility index (Phi) is 3.39. The van der Waals surface area contributed by atoms with Crippen molar-refractivity contribution in [3.63, 3.8) is 0 Å². The van der Waals surface area contributed by atoms with Crippen LogP contribution in [0.25, 0.3) is 0 Å². The maximum absolute atomic E-state index is 9.98. The number of nitrogens with two attached hydrogens (primary N) is 1. The van der Waals surface area contributed by atoms with Crippen LogP contribution in [0.4, 0.5) is 5.69 Å². The molecule has 0 aromatic heterocycles. The molecule has 2 aromatic carbocycles. The van der Waals surface area contributed by atoms with E-state index >= 15 is 0 Å². The lowest BCUT2D eigenvalue weighted by molar-refractivity contribution is 0.134. The number of anilines is 1. The van der Waals surface area contributed by atoms with E-state index in [-0.39, 0.29) is 17.2 Å². The van der Waals surface area contributed by atoms with Crippen molar-refractivity contribution >= 4 is 5.69 Å². The van der Waals surface area contributed by atoms with E-state index in [0.29, 0.717) is 5.56 Å². The molecule has 0 bridgehead atoms. The molecule has 0 aliphatic rings. The third-order valence-electron chi connectivity index (χ3n) is 2.85. The van der Waals surface area contributed by atoms with Crippen molar-refractivity contribution in [2.75, 3.05) is 12.8 Å². The zero-order chi connectivity index (χ0) is 13.1. The third kappa shape index (κ3) is 2.10. The van der Waals surface area contributed by atoms with Crippen molar-refractivity contribution < 1.29 is 14.9 Å². The Labute approximate surface area is 105 Å². The van der Waals surface area contributed by atoms with Crippen LogP contribution in [0, 0.1) is 0 Å². The Bertz CT molecular complexity index is 540. The van der Waals surface area contributed by atoms with Crippen molar-refractivity contribution in [1.29, 1.82) is 0 Å². The molecule has 4 heteroatoms. The van der Waals surface area contributed by atoms with Gasteiger partial charge in [0.15, 0.2) is 0 Å². The second-order valence-corrected chi connectivity index (χ2v) is 3.96. The molecule has 1 atom stereocenters. The quantitative estimate of drug-likeness (QED) is 0.573. The topological polar surface area (TPSA) is 75.7 Å². The first-order chi connectivity index (χ1) is 8.65. The highest BCUT2D eigenvalue weighted by Crippen LogP contribution is 2.39. The minimum atomic E-state index is -0.422. The van der Waals surface area contributed by atoms with Gasteiger partial charge in [-0.25, -0.2) is 0 Å². The van der Waals surface area contributed by atoms with Crippen LogP contribution in [0.3, 0.4) is 0 Å². The van der Waals surface area contributed by atoms with Crippen LogP contribution in [0.2, 0.25) is 0 Å². The molecule has 0 amide bonds. The van der Waals surface area contributed by atoms with E-state index in [0.717, 1.165) is 5.56 Å². The zero-order valence-corrected chi connectivity index (χ0v) is 10.00. The van der Waals surface area contributed by atoms with Gasteiger partial charge in [0.1, 0.15) is 23.3 Å². The minimum Gasteiger partial charge on any atom is -0.506 e. The molecule has 2 aromatic rings. The molecule has 0 radical (unpaired) electrons. The summed E-state index contributed by atoms with van der Waals surface area (Å²) in [4.78, 5) is 0. The van der Waals surface area contributed by atoms with Gasteiger partial charge in [-0.05, 0) is 17.7 Å². The summed E-state index contributed by atoms with van der Waals surface area (Å²) in [6.07, 6.45) is -0.422. The summed E-state index contributed by atoms with van der Waals surface area (Å²) >= 11 is 0. The first-order valence-corrected chi connectivity index (χ1v) is 5.53. The molecule has 4 nitrogen and oxygen atoms in total. The number of nitrogen functional groups attached to an aromatic ring is 1. The summed E-state index contributed by atoms with van der Waals surface area (Å²) in [5, 5.41) is 19.4. The number of rotatable bonds is 3. The first kappa shape index (κ1) is 12.3. The van der Waals surface area contributed by atoms with E-state index in [4.69, 9.17) is 10.5 Å². The van der Waals surface area contributed by atoms with Crippen molar-refractivity contribution in [1.82, 2.24) is 0 Å². The van der Waals surface area contributed by atoms with Crippen molar-refractivity contribution in [3.8, 4) is 11.5 Å². The highest BCUT2D eigenvalue weighted by Gasteiger charge is 2.19. The van der Waals surface area contributed by atoms with Crippen LogP contribution < -0.4 is 5.73 Å². The van der Waals surface area contributed by atoms with Gasteiger partial charge in [0.2, 0.25) is 0 Å². The molecule has 4 N–H and O–H groups in total. The molecule has 0 heterocycles. The summed E-state index contributed by atoms with van der Waals surface area (Å²) in [5.41, 5.74) is 6.99. The van der Waals surface area contributed by atoms with E-state index in [1.165, 1.54) is 6.07 Å². The number of ether oxygens (including phenoxy) is 1. The SMILES string of the molecule is COC(c1ccccc1)c1ccc(O)c(N)c1O. The van der Waals surface area contributed by atoms with Crippen molar-refractivity contribution in [2.24, 2.45) is 0 Å². The number of aromatic hydroxyl groups is 2. The molecule has 1 unspecified atom stereocenters. The van der Waals surface area contributed by atoms with Crippen molar-refractivity contribution in [3.05, 3.63) is 53.6 Å². The molecule has 0 saturated heterocycles. The Morgan fingerprint density at radius 2 is 1.72 bits per heavy atom. The number of phenols is 2. The summed E-state index contributed by atoms with van der Waals surface area (Å²) in [6, 6.07) is 12.5. The van der Waals surface area contributed by atoms with Crippen LogP contribution in [0.15, 0.2) is 42.5 Å². The smallest absolute Gasteiger partial charge is 0.148 e. The van der Waals surface area contributed by atoms with Crippen molar-refractivity contribution in [2.45, 2.75) is 6.10 Å². The summed E-state index contributed by atoms with van der Waals surface area (Å²) in [6.45, 7) is 0. The fourth-order valence-electron chi connectivity index (χ4n) is 1.90. The molecule has 0 aliphatic carbocycles. The van der Waals surface area contributed by atoms with E-state index < -0.39 is 6.10 Å². The number of hydrogen-bond donors (Lipinski definition) is 3. The summed E-state index contributed by atoms with van der Waals surface area (Å²) in [5.74, 6) is -0.287. The monoisotopic (exact) mass is 245 g/mol. The number of phenolic OH excluding ortho intramolecular Hbond substituents is 2. The number of hydrogen-bond acceptors (Lipinski definition) is 4. The second kappa shape index (κ2) is 4.98. The minimum absolute atomic E-state index is 0.0366. The molecule has 0 saturated carbocycles. The summed E-state index contributed by atoms with van der Waals surface area (Å²) in [7, 11) is 1.56. The van der Waals surface area contributed by atoms with E-state index in [9.17, 15) is 10.2 Å². The zero-order valence-electron chi connectivity index (χ0n) is 10.00. The molecule has 0 fully saturated rings. The molecule has 18 heavy (non-hydrogen) atoms. The highest BCUT2D eigenvalue weighted by atomic mass is 16.5. The Balaban J connectivity index is 2.50. The van der Waals surface area contributed by atoms with E-state index in [1.807, 2.05) is 30.3 Å². The van der Waals surface area contributed by atoms with Gasteiger partial charge in [-0.2, -0.15) is 0 Å². The molecule has 94 valence electrons. The Hall–Kier alpha value is -2.20. The van der Waals surface area contributed by atoms with Crippen LogP contribution in [-0.2, 0) is 4.74 Å². The highest BCUT2D eigenvalue weighted by molar-refractivity contribution is 5.65. The van der Waals surface area contributed by atoms with Crippen LogP contribution in [0.5, 0.6) is 11.5 Å². The predicted octanol–water partition coefficient (Wildman–Crippen LogP) is 2.42. The average Bonchev–Trinajstić information content (AvgIpc) is 2.41. The van der Waals surface area contributed by atoms with Gasteiger partial charge < -0.3 is 20.7 Å². The third-order valence-corrected chi connectivity index (χ3v) is 2.85. The lowest BCUT2D eigenvalue weighted by Crippen LogP contribution is -2.04. The number of methoxy groups -OCH3 is 1. The van der Waals surface area contributed by atoms with Gasteiger partial charge in [0.25, 0.3) is 0 Å². The summed E-state index contributed by atoms with van der Waals surface area (Å²) < 4.78 is 5.40. The van der Waals surface area contributed by atoms with Crippen LogP contribution in [-0.4, -0.2) is 17.3 Å². The maximum Gasteiger partial charge on any atom is 0.148 e. The first-order valence-electron chi connectivity index (χ1n) is 5.53. The molecular formula is C14H15NO3. The van der Waals surface area contributed by atoms with Gasteiger partial charge >= 0.3 is 0 Å². The lowest BCUT2D eigenvalue weighted by Gasteiger charge is -2.18. The second-order valence-electron chi connectivity index (χ2n) is 3.96.